The average Bonchev–Trinajstić information content (AvgIpc) is 2.59. The fourth-order valence-corrected chi connectivity index (χ4v) is 2.27. The highest BCUT2D eigenvalue weighted by Gasteiger charge is 2.01. The van der Waals surface area contributed by atoms with Crippen LogP contribution >= 0.6 is 0 Å². The Labute approximate surface area is 133 Å². The first kappa shape index (κ1) is 18.1. The van der Waals surface area contributed by atoms with Gasteiger partial charge in [-0.2, -0.15) is 4.98 Å². The van der Waals surface area contributed by atoms with E-state index in [2.05, 4.69) is 15.0 Å². The van der Waals surface area contributed by atoms with Crippen LogP contribution in [-0.4, -0.2) is 15.0 Å². The van der Waals surface area contributed by atoms with E-state index in [1.165, 1.54) is 38.5 Å². The number of H-pyrrole nitrogens is 1. The summed E-state index contributed by atoms with van der Waals surface area (Å²) >= 11 is 0. The number of hydrogen-bond acceptors (Lipinski definition) is 3. The minimum atomic E-state index is -0.364. The van der Waals surface area contributed by atoms with Crippen LogP contribution in [-0.2, 0) is 0 Å². The molecule has 1 aromatic carbocycles. The molecule has 4 heteroatoms. The van der Waals surface area contributed by atoms with E-state index in [0.29, 0.717) is 11.6 Å². The van der Waals surface area contributed by atoms with E-state index in [-0.39, 0.29) is 5.69 Å². The Morgan fingerprint density at radius 1 is 0.864 bits per heavy atom. The molecule has 1 saturated carbocycles. The minimum absolute atomic E-state index is 0.364. The van der Waals surface area contributed by atoms with Gasteiger partial charge in [-0.1, -0.05) is 82.7 Å². The van der Waals surface area contributed by atoms with E-state index in [1.54, 1.807) is 6.92 Å². The topological polar surface area (TPSA) is 58.6 Å². The lowest BCUT2D eigenvalue weighted by Crippen LogP contribution is -2.14. The molecule has 2 aromatic rings. The lowest BCUT2D eigenvalue weighted by Gasteiger charge is -2.05. The number of nitrogens with one attached hydrogen (secondary N) is 1. The third-order valence-electron chi connectivity index (χ3n) is 3.30. The lowest BCUT2D eigenvalue weighted by atomic mass is 10.0. The second-order valence-electron chi connectivity index (χ2n) is 5.05. The first-order valence-electron chi connectivity index (χ1n) is 8.26. The van der Waals surface area contributed by atoms with E-state index >= 15 is 0 Å². The Bertz CT molecular complexity index is 563. The van der Waals surface area contributed by atoms with E-state index < -0.39 is 0 Å². The minimum Gasteiger partial charge on any atom is -0.294 e. The third-order valence-corrected chi connectivity index (χ3v) is 3.30. The van der Waals surface area contributed by atoms with Gasteiger partial charge in [-0.15, -0.1) is 0 Å². The molecule has 1 aliphatic carbocycles. The van der Waals surface area contributed by atoms with Crippen molar-refractivity contribution in [3.63, 3.8) is 0 Å². The van der Waals surface area contributed by atoms with Crippen LogP contribution in [0.1, 0.15) is 58.2 Å². The maximum atomic E-state index is 11.1. The van der Waals surface area contributed by atoms with Crippen molar-refractivity contribution < 1.29 is 0 Å². The molecule has 0 aliphatic heterocycles. The fourth-order valence-electron chi connectivity index (χ4n) is 2.27. The summed E-state index contributed by atoms with van der Waals surface area (Å²) < 4.78 is 0. The van der Waals surface area contributed by atoms with Gasteiger partial charge in [0.05, 0.1) is 0 Å². The van der Waals surface area contributed by atoms with Crippen molar-refractivity contribution in [2.45, 2.75) is 59.3 Å². The molecule has 0 unspecified atom stereocenters. The van der Waals surface area contributed by atoms with Gasteiger partial charge in [-0.25, -0.2) is 9.78 Å². The van der Waals surface area contributed by atoms with E-state index in [9.17, 15) is 4.79 Å². The number of aryl methyl sites for hydroxylation is 1. The Morgan fingerprint density at radius 2 is 1.36 bits per heavy atom. The normalized spacial score (nSPS) is 13.2. The Morgan fingerprint density at radius 3 is 1.82 bits per heavy atom. The van der Waals surface area contributed by atoms with Crippen LogP contribution < -0.4 is 5.69 Å². The summed E-state index contributed by atoms with van der Waals surface area (Å²) in [5, 5.41) is 0. The second-order valence-corrected chi connectivity index (χ2v) is 5.05. The quantitative estimate of drug-likeness (QED) is 0.843. The molecule has 0 radical (unpaired) electrons. The van der Waals surface area contributed by atoms with Gasteiger partial charge >= 0.3 is 5.69 Å². The fraction of sp³-hybridized carbons (Fsp3) is 0.500. The molecule has 22 heavy (non-hydrogen) atoms. The second kappa shape index (κ2) is 10.7. The number of rotatable bonds is 1. The summed E-state index contributed by atoms with van der Waals surface area (Å²) in [4.78, 5) is 21.5. The number of aromatic nitrogens is 3. The van der Waals surface area contributed by atoms with Crippen molar-refractivity contribution in [2.75, 3.05) is 0 Å². The summed E-state index contributed by atoms with van der Waals surface area (Å²) in [5.74, 6) is 1.04. The summed E-state index contributed by atoms with van der Waals surface area (Å²) in [7, 11) is 0. The zero-order chi connectivity index (χ0) is 16.2. The molecular formula is C18H27N3O. The number of benzene rings is 1. The molecule has 1 aromatic heterocycles. The predicted molar refractivity (Wildman–Crippen MR) is 91.9 cm³/mol. The molecule has 1 fully saturated rings. The molecule has 0 saturated heterocycles. The molecule has 1 N–H and O–H groups in total. The molecule has 120 valence electrons. The highest BCUT2D eigenvalue weighted by molar-refractivity contribution is 5.53. The number of hydrogen-bond donors (Lipinski definition) is 1. The SMILES string of the molecule is C1CCCCC1.CC.Cc1nc(-c2ccccc2)nc(=O)[nH]1. The molecule has 0 atom stereocenters. The van der Waals surface area contributed by atoms with Crippen molar-refractivity contribution >= 4 is 0 Å². The molecule has 1 aliphatic rings. The van der Waals surface area contributed by atoms with Crippen molar-refractivity contribution in [2.24, 2.45) is 0 Å². The standard InChI is InChI=1S/C10H9N3O.C6H12.C2H6/c1-7-11-9(13-10(14)12-7)8-5-3-2-4-6-8;1-2-4-6-5-3-1;1-2/h2-6H,1H3,(H,11,12,13,14);1-6H2;1-2H3. The van der Waals surface area contributed by atoms with Gasteiger partial charge in [0, 0.05) is 5.56 Å². The van der Waals surface area contributed by atoms with Crippen LogP contribution in [0.3, 0.4) is 0 Å². The predicted octanol–water partition coefficient (Wildman–Crippen LogP) is 4.51. The van der Waals surface area contributed by atoms with Crippen LogP contribution in [0.2, 0.25) is 0 Å². The lowest BCUT2D eigenvalue weighted by molar-refractivity contribution is 0.504. The highest BCUT2D eigenvalue weighted by Crippen LogP contribution is 2.15. The van der Waals surface area contributed by atoms with Crippen LogP contribution in [0.4, 0.5) is 0 Å². The molecule has 0 amide bonds. The van der Waals surface area contributed by atoms with E-state index in [0.717, 1.165) is 5.56 Å². The Kier molecular flexibility index (Phi) is 8.80. The van der Waals surface area contributed by atoms with Crippen molar-refractivity contribution in [1.82, 2.24) is 15.0 Å². The van der Waals surface area contributed by atoms with Crippen molar-refractivity contribution in [3.8, 4) is 11.4 Å². The van der Waals surface area contributed by atoms with Crippen LogP contribution in [0.15, 0.2) is 35.1 Å². The van der Waals surface area contributed by atoms with E-state index in [1.807, 2.05) is 44.2 Å². The summed E-state index contributed by atoms with van der Waals surface area (Å²) in [6.45, 7) is 5.73. The average molecular weight is 301 g/mol. The molecule has 0 bridgehead atoms. The zero-order valence-electron chi connectivity index (χ0n) is 13.9. The van der Waals surface area contributed by atoms with Crippen LogP contribution in [0.5, 0.6) is 0 Å². The zero-order valence-corrected chi connectivity index (χ0v) is 13.9. The van der Waals surface area contributed by atoms with Gasteiger partial charge in [0.2, 0.25) is 0 Å². The van der Waals surface area contributed by atoms with Gasteiger partial charge in [0.25, 0.3) is 0 Å². The van der Waals surface area contributed by atoms with Crippen LogP contribution in [0.25, 0.3) is 11.4 Å². The monoisotopic (exact) mass is 301 g/mol. The Balaban J connectivity index is 0.000000253. The van der Waals surface area contributed by atoms with Crippen LogP contribution in [0, 0.1) is 6.92 Å². The number of nitrogens with zero attached hydrogens (tertiary/aromatic N) is 2. The van der Waals surface area contributed by atoms with E-state index in [4.69, 9.17) is 0 Å². The van der Waals surface area contributed by atoms with Gasteiger partial charge in [0.1, 0.15) is 5.82 Å². The molecule has 0 spiro atoms. The van der Waals surface area contributed by atoms with Crippen molar-refractivity contribution in [1.29, 1.82) is 0 Å². The maximum Gasteiger partial charge on any atom is 0.348 e. The summed E-state index contributed by atoms with van der Waals surface area (Å²) in [6.07, 6.45) is 9.00. The molecule has 3 rings (SSSR count). The maximum absolute atomic E-state index is 11.1. The largest absolute Gasteiger partial charge is 0.348 e. The summed E-state index contributed by atoms with van der Waals surface area (Å²) in [6, 6.07) is 9.41. The number of aromatic amines is 1. The molecule has 4 nitrogen and oxygen atoms in total. The molecule has 1 heterocycles. The van der Waals surface area contributed by atoms with Crippen molar-refractivity contribution in [3.05, 3.63) is 46.6 Å². The smallest absolute Gasteiger partial charge is 0.294 e. The Hall–Kier alpha value is -1.97. The van der Waals surface area contributed by atoms with Gasteiger partial charge in [-0.05, 0) is 6.92 Å². The summed E-state index contributed by atoms with van der Waals surface area (Å²) in [5.41, 5.74) is 0.484. The van der Waals surface area contributed by atoms with Gasteiger partial charge in [0.15, 0.2) is 5.82 Å². The van der Waals surface area contributed by atoms with Gasteiger partial charge in [-0.3, -0.25) is 4.98 Å². The first-order chi connectivity index (χ1) is 10.8. The van der Waals surface area contributed by atoms with Gasteiger partial charge < -0.3 is 0 Å². The third kappa shape index (κ3) is 6.66. The highest BCUT2D eigenvalue weighted by atomic mass is 16.1. The first-order valence-corrected chi connectivity index (χ1v) is 8.26. The molecular weight excluding hydrogens is 274 g/mol.